The van der Waals surface area contributed by atoms with Crippen molar-refractivity contribution in [1.29, 1.82) is 0 Å². The first-order valence-electron chi connectivity index (χ1n) is 5.16. The van der Waals surface area contributed by atoms with Crippen LogP contribution in [0.2, 0.25) is 0 Å². The van der Waals surface area contributed by atoms with Crippen LogP contribution < -0.4 is 0 Å². The van der Waals surface area contributed by atoms with E-state index in [2.05, 4.69) is 0 Å². The summed E-state index contributed by atoms with van der Waals surface area (Å²) >= 11 is 0. The van der Waals surface area contributed by atoms with Gasteiger partial charge in [-0.2, -0.15) is 13.2 Å². The standard InChI is InChI=1S/C12H13F3O3/c1-11(2,10(17)18)6-7-3-4-9(16)8(5-7)12(13,14)15/h3-5,16H,6H2,1-2H3,(H,17,18). The lowest BCUT2D eigenvalue weighted by Crippen LogP contribution is -2.26. The molecule has 0 aliphatic carbocycles. The highest BCUT2D eigenvalue weighted by Gasteiger charge is 2.35. The number of carboxylic acids is 1. The summed E-state index contributed by atoms with van der Waals surface area (Å²) < 4.78 is 37.6. The zero-order valence-electron chi connectivity index (χ0n) is 9.88. The van der Waals surface area contributed by atoms with Crippen molar-refractivity contribution in [3.05, 3.63) is 29.3 Å². The van der Waals surface area contributed by atoms with Crippen molar-refractivity contribution in [3.8, 4) is 5.75 Å². The molecule has 0 bridgehead atoms. The second-order valence-corrected chi connectivity index (χ2v) is 4.72. The minimum atomic E-state index is -4.66. The van der Waals surface area contributed by atoms with Crippen molar-refractivity contribution in [2.24, 2.45) is 5.41 Å². The number of halogens is 3. The maximum absolute atomic E-state index is 12.5. The van der Waals surface area contributed by atoms with E-state index in [-0.39, 0.29) is 12.0 Å². The molecule has 1 aromatic carbocycles. The van der Waals surface area contributed by atoms with Crippen LogP contribution in [0, 0.1) is 5.41 Å². The molecule has 0 aliphatic rings. The summed E-state index contributed by atoms with van der Waals surface area (Å²) in [6.07, 6.45) is -4.71. The largest absolute Gasteiger partial charge is 0.507 e. The Morgan fingerprint density at radius 2 is 1.83 bits per heavy atom. The monoisotopic (exact) mass is 262 g/mol. The van der Waals surface area contributed by atoms with Gasteiger partial charge in [0.1, 0.15) is 5.75 Å². The Bertz CT molecular complexity index is 464. The Morgan fingerprint density at radius 1 is 1.28 bits per heavy atom. The number of hydrogen-bond donors (Lipinski definition) is 2. The number of aliphatic carboxylic acids is 1. The van der Waals surface area contributed by atoms with Gasteiger partial charge in [-0.05, 0) is 38.0 Å². The molecule has 0 unspecified atom stereocenters. The second-order valence-electron chi connectivity index (χ2n) is 4.72. The van der Waals surface area contributed by atoms with Gasteiger partial charge in [0.05, 0.1) is 11.0 Å². The van der Waals surface area contributed by atoms with Crippen molar-refractivity contribution in [2.45, 2.75) is 26.4 Å². The predicted octanol–water partition coefficient (Wildman–Crippen LogP) is 3.06. The van der Waals surface area contributed by atoms with E-state index in [0.717, 1.165) is 12.1 Å². The summed E-state index contributed by atoms with van der Waals surface area (Å²) in [5.74, 6) is -1.96. The van der Waals surface area contributed by atoms with Crippen LogP contribution in [0.3, 0.4) is 0 Å². The molecule has 3 nitrogen and oxygen atoms in total. The maximum Gasteiger partial charge on any atom is 0.419 e. The van der Waals surface area contributed by atoms with Gasteiger partial charge in [0.25, 0.3) is 0 Å². The third-order valence-electron chi connectivity index (χ3n) is 2.59. The summed E-state index contributed by atoms with van der Waals surface area (Å²) in [6, 6.07) is 2.99. The van der Waals surface area contributed by atoms with E-state index in [1.165, 1.54) is 19.9 Å². The number of hydrogen-bond acceptors (Lipinski definition) is 2. The predicted molar refractivity (Wildman–Crippen MR) is 58.2 cm³/mol. The Balaban J connectivity index is 3.11. The maximum atomic E-state index is 12.5. The summed E-state index contributed by atoms with van der Waals surface area (Å²) in [5.41, 5.74) is -2.10. The lowest BCUT2D eigenvalue weighted by atomic mass is 9.85. The minimum absolute atomic E-state index is 0.0499. The molecule has 0 atom stereocenters. The molecule has 100 valence electrons. The molecule has 18 heavy (non-hydrogen) atoms. The quantitative estimate of drug-likeness (QED) is 0.880. The van der Waals surface area contributed by atoms with Crippen LogP contribution in [-0.4, -0.2) is 16.2 Å². The minimum Gasteiger partial charge on any atom is -0.507 e. The number of carboxylic acid groups (broad SMARTS) is 1. The molecule has 0 saturated carbocycles. The number of benzene rings is 1. The number of alkyl halides is 3. The van der Waals surface area contributed by atoms with E-state index in [9.17, 15) is 18.0 Å². The van der Waals surface area contributed by atoms with E-state index < -0.39 is 28.9 Å². The average Bonchev–Trinajstić information content (AvgIpc) is 2.18. The van der Waals surface area contributed by atoms with Gasteiger partial charge in [0, 0.05) is 0 Å². The fourth-order valence-electron chi connectivity index (χ4n) is 1.51. The first-order chi connectivity index (χ1) is 8.04. The Hall–Kier alpha value is -1.72. The van der Waals surface area contributed by atoms with E-state index >= 15 is 0 Å². The van der Waals surface area contributed by atoms with Crippen molar-refractivity contribution >= 4 is 5.97 Å². The van der Waals surface area contributed by atoms with Crippen molar-refractivity contribution in [2.75, 3.05) is 0 Å². The SMILES string of the molecule is CC(C)(Cc1ccc(O)c(C(F)(F)F)c1)C(=O)O. The molecular formula is C12H13F3O3. The van der Waals surface area contributed by atoms with Gasteiger partial charge < -0.3 is 10.2 Å². The Kier molecular flexibility index (Phi) is 3.59. The molecule has 0 fully saturated rings. The molecule has 1 aromatic rings. The zero-order chi connectivity index (χ0) is 14.1. The lowest BCUT2D eigenvalue weighted by molar-refractivity contribution is -0.146. The van der Waals surface area contributed by atoms with Crippen LogP contribution in [0.15, 0.2) is 18.2 Å². The first kappa shape index (κ1) is 14.3. The summed E-state index contributed by atoms with van der Waals surface area (Å²) in [7, 11) is 0. The van der Waals surface area contributed by atoms with Crippen molar-refractivity contribution in [3.63, 3.8) is 0 Å². The third-order valence-corrected chi connectivity index (χ3v) is 2.59. The third kappa shape index (κ3) is 3.15. The number of phenols is 1. The van der Waals surface area contributed by atoms with E-state index in [1.54, 1.807) is 0 Å². The van der Waals surface area contributed by atoms with Gasteiger partial charge in [-0.1, -0.05) is 6.07 Å². The van der Waals surface area contributed by atoms with Crippen LogP contribution in [0.4, 0.5) is 13.2 Å². The number of rotatable bonds is 3. The highest BCUT2D eigenvalue weighted by molar-refractivity contribution is 5.74. The van der Waals surface area contributed by atoms with Gasteiger partial charge in [-0.3, -0.25) is 4.79 Å². The molecule has 0 heterocycles. The molecule has 0 aromatic heterocycles. The molecule has 1 rings (SSSR count). The van der Waals surface area contributed by atoms with Crippen LogP contribution >= 0.6 is 0 Å². The molecule has 6 heteroatoms. The summed E-state index contributed by atoms with van der Waals surface area (Å²) in [4.78, 5) is 10.9. The fourth-order valence-corrected chi connectivity index (χ4v) is 1.51. The second kappa shape index (κ2) is 4.51. The van der Waals surface area contributed by atoms with Crippen molar-refractivity contribution < 1.29 is 28.2 Å². The topological polar surface area (TPSA) is 57.5 Å². The van der Waals surface area contributed by atoms with E-state index in [1.807, 2.05) is 0 Å². The molecule has 0 amide bonds. The summed E-state index contributed by atoms with van der Waals surface area (Å²) in [6.45, 7) is 2.85. The fraction of sp³-hybridized carbons (Fsp3) is 0.417. The average molecular weight is 262 g/mol. The Morgan fingerprint density at radius 3 is 2.28 bits per heavy atom. The first-order valence-corrected chi connectivity index (χ1v) is 5.16. The number of aromatic hydroxyl groups is 1. The highest BCUT2D eigenvalue weighted by Crippen LogP contribution is 2.37. The highest BCUT2D eigenvalue weighted by atomic mass is 19.4. The molecular weight excluding hydrogens is 249 g/mol. The van der Waals surface area contributed by atoms with Crippen LogP contribution in [0.25, 0.3) is 0 Å². The van der Waals surface area contributed by atoms with Gasteiger partial charge in [0.15, 0.2) is 0 Å². The zero-order valence-corrected chi connectivity index (χ0v) is 9.88. The smallest absolute Gasteiger partial charge is 0.419 e. The van der Waals surface area contributed by atoms with Crippen molar-refractivity contribution in [1.82, 2.24) is 0 Å². The molecule has 0 aliphatic heterocycles. The molecule has 0 spiro atoms. The van der Waals surface area contributed by atoms with Crippen LogP contribution in [-0.2, 0) is 17.4 Å². The van der Waals surface area contributed by atoms with Gasteiger partial charge >= 0.3 is 12.1 Å². The lowest BCUT2D eigenvalue weighted by Gasteiger charge is -2.20. The number of phenolic OH excluding ortho intramolecular Hbond substituents is 1. The van der Waals surface area contributed by atoms with Gasteiger partial charge in [-0.15, -0.1) is 0 Å². The van der Waals surface area contributed by atoms with Crippen LogP contribution in [0.5, 0.6) is 5.75 Å². The van der Waals surface area contributed by atoms with Gasteiger partial charge in [0.2, 0.25) is 0 Å². The number of carbonyl (C=O) groups is 1. The molecule has 2 N–H and O–H groups in total. The summed E-state index contributed by atoms with van der Waals surface area (Å²) in [5, 5.41) is 18.1. The van der Waals surface area contributed by atoms with E-state index in [4.69, 9.17) is 10.2 Å². The molecule has 0 radical (unpaired) electrons. The normalized spacial score (nSPS) is 12.5. The van der Waals surface area contributed by atoms with Gasteiger partial charge in [-0.25, -0.2) is 0 Å². The van der Waals surface area contributed by atoms with Crippen LogP contribution in [0.1, 0.15) is 25.0 Å². The Labute approximate surface area is 102 Å². The molecule has 0 saturated heterocycles. The van der Waals surface area contributed by atoms with E-state index in [0.29, 0.717) is 0 Å².